The predicted octanol–water partition coefficient (Wildman–Crippen LogP) is 3.33. The van der Waals surface area contributed by atoms with Gasteiger partial charge in [-0.2, -0.15) is 0 Å². The van der Waals surface area contributed by atoms with Gasteiger partial charge in [0.1, 0.15) is 18.5 Å². The Kier molecular flexibility index (Phi) is 7.63. The summed E-state index contributed by atoms with van der Waals surface area (Å²) in [7, 11) is 0. The van der Waals surface area contributed by atoms with Crippen molar-refractivity contribution in [2.45, 2.75) is 58.6 Å². The minimum absolute atomic E-state index is 0.330. The maximum Gasteiger partial charge on any atom is 0.122 e. The third kappa shape index (κ3) is 5.51. The normalized spacial score (nSPS) is 15.7. The number of para-hydroxylation sites is 1. The van der Waals surface area contributed by atoms with Crippen molar-refractivity contribution in [1.29, 1.82) is 0 Å². The average molecular weight is 279 g/mol. The molecular formula is C17H29NO2. The predicted molar refractivity (Wildman–Crippen MR) is 84.4 cm³/mol. The standard InChI is InChI=1S/C17H29NO2/c1-5-13(3)16-9-7-8-10-17(16)20-12-15(19)11-18-14(4)6-2/h7-10,13-15,18-19H,5-6,11-12H2,1-4H3/t13-,14-,15-/m0/s1. The third-order valence-corrected chi connectivity index (χ3v) is 3.81. The van der Waals surface area contributed by atoms with Crippen LogP contribution in [0.4, 0.5) is 0 Å². The molecule has 0 radical (unpaired) electrons. The number of hydrogen-bond donors (Lipinski definition) is 2. The van der Waals surface area contributed by atoms with E-state index in [-0.39, 0.29) is 0 Å². The lowest BCUT2D eigenvalue weighted by Gasteiger charge is -2.19. The van der Waals surface area contributed by atoms with Gasteiger partial charge >= 0.3 is 0 Å². The first-order valence-corrected chi connectivity index (χ1v) is 7.71. The topological polar surface area (TPSA) is 41.5 Å². The van der Waals surface area contributed by atoms with Crippen LogP contribution in [0.5, 0.6) is 5.75 Å². The van der Waals surface area contributed by atoms with E-state index < -0.39 is 6.10 Å². The van der Waals surface area contributed by atoms with Crippen molar-refractivity contribution < 1.29 is 9.84 Å². The van der Waals surface area contributed by atoms with Gasteiger partial charge in [0.15, 0.2) is 0 Å². The molecule has 0 aliphatic heterocycles. The van der Waals surface area contributed by atoms with Gasteiger partial charge in [-0.3, -0.25) is 0 Å². The number of aliphatic hydroxyl groups excluding tert-OH is 1. The first kappa shape index (κ1) is 17.0. The summed E-state index contributed by atoms with van der Waals surface area (Å²) in [6.45, 7) is 9.52. The molecule has 20 heavy (non-hydrogen) atoms. The Hall–Kier alpha value is -1.06. The second-order valence-electron chi connectivity index (χ2n) is 5.53. The van der Waals surface area contributed by atoms with Gasteiger partial charge in [0.2, 0.25) is 0 Å². The van der Waals surface area contributed by atoms with Crippen LogP contribution in [0, 0.1) is 0 Å². The molecule has 3 heteroatoms. The summed E-state index contributed by atoms with van der Waals surface area (Å²) in [4.78, 5) is 0. The van der Waals surface area contributed by atoms with E-state index in [1.54, 1.807) is 0 Å². The highest BCUT2D eigenvalue weighted by Gasteiger charge is 2.12. The summed E-state index contributed by atoms with van der Waals surface area (Å²) in [5.74, 6) is 1.37. The largest absolute Gasteiger partial charge is 0.491 e. The Morgan fingerprint density at radius 3 is 2.50 bits per heavy atom. The fourth-order valence-corrected chi connectivity index (χ4v) is 1.97. The molecule has 3 nitrogen and oxygen atoms in total. The maximum absolute atomic E-state index is 9.95. The van der Waals surface area contributed by atoms with Crippen molar-refractivity contribution in [3.63, 3.8) is 0 Å². The number of nitrogens with one attached hydrogen (secondary N) is 1. The van der Waals surface area contributed by atoms with Crippen molar-refractivity contribution in [2.24, 2.45) is 0 Å². The number of ether oxygens (including phenoxy) is 1. The van der Waals surface area contributed by atoms with Crippen LogP contribution in [-0.4, -0.2) is 30.4 Å². The molecule has 1 rings (SSSR count). The molecule has 1 aromatic rings. The molecule has 0 fully saturated rings. The van der Waals surface area contributed by atoms with Gasteiger partial charge in [-0.05, 0) is 37.3 Å². The molecule has 0 spiro atoms. The lowest BCUT2D eigenvalue weighted by Crippen LogP contribution is -2.36. The van der Waals surface area contributed by atoms with E-state index in [0.29, 0.717) is 25.1 Å². The Bertz CT molecular complexity index is 381. The zero-order valence-electron chi connectivity index (χ0n) is 13.2. The highest BCUT2D eigenvalue weighted by atomic mass is 16.5. The molecule has 0 heterocycles. The summed E-state index contributed by atoms with van der Waals surface area (Å²) in [6, 6.07) is 8.53. The molecule has 1 aromatic carbocycles. The fourth-order valence-electron chi connectivity index (χ4n) is 1.97. The molecule has 0 amide bonds. The molecule has 3 atom stereocenters. The molecule has 0 saturated carbocycles. The van der Waals surface area contributed by atoms with Crippen LogP contribution in [0.15, 0.2) is 24.3 Å². The zero-order chi connectivity index (χ0) is 15.0. The molecule has 0 saturated heterocycles. The SMILES string of the molecule is CC[C@H](C)NC[C@H](O)COc1ccccc1[C@@H](C)CC. The minimum Gasteiger partial charge on any atom is -0.491 e. The number of benzene rings is 1. The monoisotopic (exact) mass is 279 g/mol. The molecule has 0 aliphatic carbocycles. The van der Waals surface area contributed by atoms with Crippen LogP contribution < -0.4 is 10.1 Å². The Balaban J connectivity index is 2.49. The van der Waals surface area contributed by atoms with Crippen LogP contribution in [0.2, 0.25) is 0 Å². The Morgan fingerprint density at radius 2 is 1.85 bits per heavy atom. The zero-order valence-corrected chi connectivity index (χ0v) is 13.2. The molecule has 0 aliphatic rings. The van der Waals surface area contributed by atoms with Crippen molar-refractivity contribution in [2.75, 3.05) is 13.2 Å². The number of rotatable bonds is 9. The van der Waals surface area contributed by atoms with Crippen molar-refractivity contribution in [1.82, 2.24) is 5.32 Å². The van der Waals surface area contributed by atoms with E-state index in [2.05, 4.69) is 39.1 Å². The van der Waals surface area contributed by atoms with Gasteiger partial charge in [-0.1, -0.05) is 39.0 Å². The fraction of sp³-hybridized carbons (Fsp3) is 0.647. The van der Waals surface area contributed by atoms with Crippen LogP contribution in [0.1, 0.15) is 52.0 Å². The number of aliphatic hydroxyl groups is 1. The highest BCUT2D eigenvalue weighted by Crippen LogP contribution is 2.28. The van der Waals surface area contributed by atoms with E-state index >= 15 is 0 Å². The van der Waals surface area contributed by atoms with E-state index in [1.165, 1.54) is 5.56 Å². The van der Waals surface area contributed by atoms with Crippen LogP contribution in [-0.2, 0) is 0 Å². The van der Waals surface area contributed by atoms with Gasteiger partial charge < -0.3 is 15.2 Å². The second-order valence-corrected chi connectivity index (χ2v) is 5.53. The van der Waals surface area contributed by atoms with Crippen LogP contribution in [0.25, 0.3) is 0 Å². The average Bonchev–Trinajstić information content (AvgIpc) is 2.49. The van der Waals surface area contributed by atoms with Gasteiger partial charge in [-0.25, -0.2) is 0 Å². The van der Waals surface area contributed by atoms with Crippen molar-refractivity contribution >= 4 is 0 Å². The number of hydrogen-bond acceptors (Lipinski definition) is 3. The minimum atomic E-state index is -0.478. The smallest absolute Gasteiger partial charge is 0.122 e. The van der Waals surface area contributed by atoms with Crippen LogP contribution >= 0.6 is 0 Å². The molecular weight excluding hydrogens is 250 g/mol. The van der Waals surface area contributed by atoms with E-state index in [9.17, 15) is 5.11 Å². The van der Waals surface area contributed by atoms with Crippen molar-refractivity contribution in [3.05, 3.63) is 29.8 Å². The summed E-state index contributed by atoms with van der Waals surface area (Å²) in [5, 5.41) is 13.2. The van der Waals surface area contributed by atoms with E-state index in [1.807, 2.05) is 18.2 Å². The van der Waals surface area contributed by atoms with Gasteiger partial charge in [0.25, 0.3) is 0 Å². The lowest BCUT2D eigenvalue weighted by molar-refractivity contribution is 0.103. The quantitative estimate of drug-likeness (QED) is 0.728. The lowest BCUT2D eigenvalue weighted by atomic mass is 9.98. The summed E-state index contributed by atoms with van der Waals surface area (Å²) >= 11 is 0. The highest BCUT2D eigenvalue weighted by molar-refractivity contribution is 5.35. The third-order valence-electron chi connectivity index (χ3n) is 3.81. The van der Waals surface area contributed by atoms with Crippen LogP contribution in [0.3, 0.4) is 0 Å². The van der Waals surface area contributed by atoms with E-state index in [0.717, 1.165) is 18.6 Å². The molecule has 0 aromatic heterocycles. The first-order valence-electron chi connectivity index (χ1n) is 7.71. The van der Waals surface area contributed by atoms with E-state index in [4.69, 9.17) is 4.74 Å². The van der Waals surface area contributed by atoms with Gasteiger partial charge in [0, 0.05) is 12.6 Å². The first-order chi connectivity index (χ1) is 9.58. The summed E-state index contributed by atoms with van der Waals surface area (Å²) < 4.78 is 5.80. The van der Waals surface area contributed by atoms with Gasteiger partial charge in [-0.15, -0.1) is 0 Å². The molecule has 0 bridgehead atoms. The molecule has 114 valence electrons. The molecule has 2 N–H and O–H groups in total. The Morgan fingerprint density at radius 1 is 1.15 bits per heavy atom. The maximum atomic E-state index is 9.95. The second kappa shape index (κ2) is 8.98. The van der Waals surface area contributed by atoms with Crippen molar-refractivity contribution in [3.8, 4) is 5.75 Å². The molecule has 0 unspecified atom stereocenters. The summed E-state index contributed by atoms with van der Waals surface area (Å²) in [5.41, 5.74) is 1.22. The summed E-state index contributed by atoms with van der Waals surface area (Å²) in [6.07, 6.45) is 1.66. The Labute approximate surface area is 123 Å². The van der Waals surface area contributed by atoms with Gasteiger partial charge in [0.05, 0.1) is 0 Å².